The van der Waals surface area contributed by atoms with Gasteiger partial charge >= 0.3 is 0 Å². The summed E-state index contributed by atoms with van der Waals surface area (Å²) in [5, 5.41) is 12.4. The van der Waals surface area contributed by atoms with E-state index >= 15 is 0 Å². The number of benzene rings is 1. The first-order valence-electron chi connectivity index (χ1n) is 5.53. The van der Waals surface area contributed by atoms with E-state index in [1.54, 1.807) is 0 Å². The first kappa shape index (κ1) is 10.0. The second kappa shape index (κ2) is 4.35. The summed E-state index contributed by atoms with van der Waals surface area (Å²) < 4.78 is 0. The summed E-state index contributed by atoms with van der Waals surface area (Å²) in [7, 11) is 0. The molecule has 78 valence electrons. The summed E-state index contributed by atoms with van der Waals surface area (Å²) in [6, 6.07) is 10.5. The van der Waals surface area contributed by atoms with Gasteiger partial charge in [0.1, 0.15) is 6.04 Å². The molecular formula is C13H16N2. The van der Waals surface area contributed by atoms with Gasteiger partial charge in [-0.05, 0) is 37.3 Å². The van der Waals surface area contributed by atoms with E-state index < -0.39 is 0 Å². The molecule has 0 amide bonds. The lowest BCUT2D eigenvalue weighted by Crippen LogP contribution is -2.32. The Balaban J connectivity index is 2.06. The number of anilines is 1. The molecule has 0 bridgehead atoms. The van der Waals surface area contributed by atoms with Crippen LogP contribution in [0.2, 0.25) is 0 Å². The van der Waals surface area contributed by atoms with Gasteiger partial charge in [0.15, 0.2) is 0 Å². The Bertz CT molecular complexity index is 374. The number of nitrogens with zero attached hydrogens (tertiary/aromatic N) is 1. The highest BCUT2D eigenvalue weighted by molar-refractivity contribution is 5.52. The molecule has 2 heteroatoms. The highest BCUT2D eigenvalue weighted by atomic mass is 14.9. The van der Waals surface area contributed by atoms with Gasteiger partial charge in [0.05, 0.1) is 6.07 Å². The summed E-state index contributed by atoms with van der Waals surface area (Å²) in [6.07, 6.45) is 3.66. The third kappa shape index (κ3) is 2.12. The molecule has 0 heterocycles. The standard InChI is InChI=1S/C13H16N2/c1-10-5-2-3-8-12(10)15-13(9-14)11-6-4-7-11/h2-3,5,8,11,13,15H,4,6-7H2,1H3. The molecule has 1 unspecified atom stereocenters. The van der Waals surface area contributed by atoms with Crippen molar-refractivity contribution in [2.75, 3.05) is 5.32 Å². The van der Waals surface area contributed by atoms with Crippen molar-refractivity contribution < 1.29 is 0 Å². The predicted octanol–water partition coefficient (Wildman–Crippen LogP) is 3.10. The van der Waals surface area contributed by atoms with Crippen molar-refractivity contribution in [3.63, 3.8) is 0 Å². The lowest BCUT2D eigenvalue weighted by atomic mass is 9.80. The summed E-state index contributed by atoms with van der Waals surface area (Å²) in [5.41, 5.74) is 2.30. The van der Waals surface area contributed by atoms with Gasteiger partial charge in [-0.3, -0.25) is 0 Å². The Morgan fingerprint density at radius 3 is 2.67 bits per heavy atom. The van der Waals surface area contributed by atoms with Crippen LogP contribution in [0.25, 0.3) is 0 Å². The third-order valence-corrected chi connectivity index (χ3v) is 3.22. The van der Waals surface area contributed by atoms with Gasteiger partial charge in [0, 0.05) is 5.69 Å². The highest BCUT2D eigenvalue weighted by Gasteiger charge is 2.27. The second-order valence-corrected chi connectivity index (χ2v) is 4.26. The minimum atomic E-state index is -0.0140. The summed E-state index contributed by atoms with van der Waals surface area (Å²) >= 11 is 0. The SMILES string of the molecule is Cc1ccccc1NC(C#N)C1CCC1. The third-order valence-electron chi connectivity index (χ3n) is 3.22. The van der Waals surface area contributed by atoms with Crippen LogP contribution in [0.5, 0.6) is 0 Å². The molecule has 2 nitrogen and oxygen atoms in total. The summed E-state index contributed by atoms with van der Waals surface area (Å²) in [6.45, 7) is 2.07. The molecule has 1 aliphatic rings. The number of aryl methyl sites for hydroxylation is 1. The van der Waals surface area contributed by atoms with Gasteiger partial charge in [-0.2, -0.15) is 5.26 Å². The van der Waals surface area contributed by atoms with Crippen LogP contribution in [0.1, 0.15) is 24.8 Å². The molecule has 1 aliphatic carbocycles. The van der Waals surface area contributed by atoms with E-state index in [1.165, 1.54) is 24.8 Å². The van der Waals surface area contributed by atoms with Gasteiger partial charge in [0.25, 0.3) is 0 Å². The molecule has 1 aromatic carbocycles. The molecule has 1 fully saturated rings. The average molecular weight is 200 g/mol. The molecule has 2 rings (SSSR count). The highest BCUT2D eigenvalue weighted by Crippen LogP contribution is 2.31. The maximum absolute atomic E-state index is 9.10. The Hall–Kier alpha value is -1.49. The maximum atomic E-state index is 9.10. The maximum Gasteiger partial charge on any atom is 0.117 e. The van der Waals surface area contributed by atoms with Crippen LogP contribution in [0.15, 0.2) is 24.3 Å². The summed E-state index contributed by atoms with van der Waals surface area (Å²) in [4.78, 5) is 0. The van der Waals surface area contributed by atoms with Crippen LogP contribution in [0, 0.1) is 24.2 Å². The van der Waals surface area contributed by atoms with Crippen LogP contribution in [0.3, 0.4) is 0 Å². The zero-order valence-electron chi connectivity index (χ0n) is 9.03. The van der Waals surface area contributed by atoms with Crippen molar-refractivity contribution in [1.82, 2.24) is 0 Å². The van der Waals surface area contributed by atoms with Gasteiger partial charge < -0.3 is 5.32 Å². The van der Waals surface area contributed by atoms with Crippen LogP contribution >= 0.6 is 0 Å². The fourth-order valence-corrected chi connectivity index (χ4v) is 1.93. The van der Waals surface area contributed by atoms with Crippen molar-refractivity contribution >= 4 is 5.69 Å². The lowest BCUT2D eigenvalue weighted by molar-refractivity contribution is 0.303. The first-order valence-corrected chi connectivity index (χ1v) is 5.53. The van der Waals surface area contributed by atoms with Gasteiger partial charge in [-0.15, -0.1) is 0 Å². The first-order chi connectivity index (χ1) is 7.31. The fourth-order valence-electron chi connectivity index (χ4n) is 1.93. The Morgan fingerprint density at radius 1 is 1.40 bits per heavy atom. The zero-order valence-corrected chi connectivity index (χ0v) is 9.03. The predicted molar refractivity (Wildman–Crippen MR) is 61.5 cm³/mol. The Morgan fingerprint density at radius 2 is 2.13 bits per heavy atom. The molecular weight excluding hydrogens is 184 g/mol. The van der Waals surface area contributed by atoms with Crippen LogP contribution in [-0.4, -0.2) is 6.04 Å². The molecule has 0 saturated heterocycles. The molecule has 1 saturated carbocycles. The Kier molecular flexibility index (Phi) is 2.91. The molecule has 1 N–H and O–H groups in total. The van der Waals surface area contributed by atoms with E-state index in [9.17, 15) is 0 Å². The minimum absolute atomic E-state index is 0.0140. The van der Waals surface area contributed by atoms with Gasteiger partial charge in [-0.1, -0.05) is 24.6 Å². The topological polar surface area (TPSA) is 35.8 Å². The molecule has 15 heavy (non-hydrogen) atoms. The van der Waals surface area contributed by atoms with Gasteiger partial charge in [-0.25, -0.2) is 0 Å². The van der Waals surface area contributed by atoms with E-state index in [-0.39, 0.29) is 6.04 Å². The monoisotopic (exact) mass is 200 g/mol. The van der Waals surface area contributed by atoms with Crippen molar-refractivity contribution in [2.45, 2.75) is 32.2 Å². The molecule has 0 spiro atoms. The van der Waals surface area contributed by atoms with E-state index in [0.717, 1.165) is 5.69 Å². The van der Waals surface area contributed by atoms with Crippen LogP contribution in [0.4, 0.5) is 5.69 Å². The number of nitrogens with one attached hydrogen (secondary N) is 1. The largest absolute Gasteiger partial charge is 0.369 e. The van der Waals surface area contributed by atoms with Gasteiger partial charge in [0.2, 0.25) is 0 Å². The van der Waals surface area contributed by atoms with Crippen molar-refractivity contribution in [2.24, 2.45) is 5.92 Å². The number of hydrogen-bond donors (Lipinski definition) is 1. The van der Waals surface area contributed by atoms with Crippen molar-refractivity contribution in [1.29, 1.82) is 5.26 Å². The summed E-state index contributed by atoms with van der Waals surface area (Å²) in [5.74, 6) is 0.551. The smallest absolute Gasteiger partial charge is 0.117 e. The van der Waals surface area contributed by atoms with E-state index in [0.29, 0.717) is 5.92 Å². The molecule has 1 aromatic rings. The zero-order chi connectivity index (χ0) is 10.7. The van der Waals surface area contributed by atoms with Crippen molar-refractivity contribution in [3.05, 3.63) is 29.8 Å². The van der Waals surface area contributed by atoms with E-state index in [2.05, 4.69) is 24.4 Å². The van der Waals surface area contributed by atoms with Crippen LogP contribution in [-0.2, 0) is 0 Å². The van der Waals surface area contributed by atoms with E-state index in [1.807, 2.05) is 18.2 Å². The second-order valence-electron chi connectivity index (χ2n) is 4.26. The molecule has 0 radical (unpaired) electrons. The Labute approximate surface area is 90.9 Å². The van der Waals surface area contributed by atoms with Crippen molar-refractivity contribution in [3.8, 4) is 6.07 Å². The number of hydrogen-bond acceptors (Lipinski definition) is 2. The normalized spacial score (nSPS) is 17.6. The molecule has 0 aromatic heterocycles. The average Bonchev–Trinajstić information content (AvgIpc) is 2.17. The number of rotatable bonds is 3. The van der Waals surface area contributed by atoms with E-state index in [4.69, 9.17) is 5.26 Å². The molecule has 0 aliphatic heterocycles. The molecule has 1 atom stereocenters. The minimum Gasteiger partial charge on any atom is -0.369 e. The number of para-hydroxylation sites is 1. The number of nitriles is 1. The van der Waals surface area contributed by atoms with Crippen LogP contribution < -0.4 is 5.32 Å². The fraction of sp³-hybridized carbons (Fsp3) is 0.462. The lowest BCUT2D eigenvalue weighted by Gasteiger charge is -2.30. The quantitative estimate of drug-likeness (QED) is 0.813.